The van der Waals surface area contributed by atoms with Crippen LogP contribution in [0.15, 0.2) is 35.7 Å². The van der Waals surface area contributed by atoms with Gasteiger partial charge in [-0.25, -0.2) is 0 Å². The number of thiophene rings is 1. The van der Waals surface area contributed by atoms with Gasteiger partial charge < -0.3 is 15.8 Å². The van der Waals surface area contributed by atoms with Crippen LogP contribution < -0.4 is 15.8 Å². The third-order valence-corrected chi connectivity index (χ3v) is 3.79. The molecule has 0 aliphatic rings. The van der Waals surface area contributed by atoms with Gasteiger partial charge in [-0.05, 0) is 29.6 Å². The molecule has 6 heteroatoms. The van der Waals surface area contributed by atoms with E-state index in [-0.39, 0.29) is 5.91 Å². The van der Waals surface area contributed by atoms with Crippen LogP contribution in [0, 0.1) is 0 Å². The van der Waals surface area contributed by atoms with E-state index in [0.717, 1.165) is 4.88 Å². The number of hydrogen-bond donors (Lipinski definition) is 2. The van der Waals surface area contributed by atoms with E-state index in [1.165, 1.54) is 7.11 Å². The van der Waals surface area contributed by atoms with Crippen LogP contribution in [0.3, 0.4) is 0 Å². The topological polar surface area (TPSA) is 64.3 Å². The number of ether oxygens (including phenoxy) is 1. The number of carbonyl (C=O) groups excluding carboxylic acids is 1. The number of benzene rings is 1. The van der Waals surface area contributed by atoms with Gasteiger partial charge >= 0.3 is 0 Å². The maximum absolute atomic E-state index is 12.0. The lowest BCUT2D eigenvalue weighted by Gasteiger charge is -2.11. The zero-order valence-electron chi connectivity index (χ0n) is 10.9. The molecule has 104 valence electrons. The number of thiocarbonyl (C=S) groups is 1. The molecule has 4 nitrogen and oxygen atoms in total. The monoisotopic (exact) mass is 306 g/mol. The molecule has 0 bridgehead atoms. The maximum Gasteiger partial charge on any atom is 0.229 e. The average molecular weight is 306 g/mol. The zero-order chi connectivity index (χ0) is 14.5. The Morgan fingerprint density at radius 3 is 2.85 bits per heavy atom. The Hall–Kier alpha value is -1.92. The van der Waals surface area contributed by atoms with E-state index in [4.69, 9.17) is 22.7 Å². The van der Waals surface area contributed by atoms with Crippen LogP contribution in [-0.2, 0) is 11.2 Å². The minimum absolute atomic E-state index is 0.0891. The lowest BCUT2D eigenvalue weighted by molar-refractivity contribution is -0.115. The molecule has 2 aromatic rings. The summed E-state index contributed by atoms with van der Waals surface area (Å²) < 4.78 is 5.24. The summed E-state index contributed by atoms with van der Waals surface area (Å²) in [5.74, 6) is 0.448. The van der Waals surface area contributed by atoms with E-state index in [1.807, 2.05) is 17.5 Å². The van der Waals surface area contributed by atoms with Crippen molar-refractivity contribution in [2.75, 3.05) is 12.4 Å². The number of nitrogens with one attached hydrogen (secondary N) is 1. The van der Waals surface area contributed by atoms with Crippen LogP contribution in [0.5, 0.6) is 5.75 Å². The number of nitrogens with two attached hydrogens (primary N) is 1. The second-order valence-corrected chi connectivity index (χ2v) is 5.56. The molecular weight excluding hydrogens is 292 g/mol. The molecule has 0 radical (unpaired) electrons. The quantitative estimate of drug-likeness (QED) is 0.833. The third-order valence-electron chi connectivity index (χ3n) is 2.68. The molecular formula is C14H14N2O2S2. The number of anilines is 1. The molecule has 0 atom stereocenters. The van der Waals surface area contributed by atoms with Crippen molar-refractivity contribution in [3.05, 3.63) is 46.2 Å². The van der Waals surface area contributed by atoms with Gasteiger partial charge in [-0.3, -0.25) is 4.79 Å². The third kappa shape index (κ3) is 3.55. The van der Waals surface area contributed by atoms with Crippen molar-refractivity contribution < 1.29 is 9.53 Å². The Morgan fingerprint density at radius 2 is 2.25 bits per heavy atom. The Balaban J connectivity index is 2.12. The molecule has 20 heavy (non-hydrogen) atoms. The summed E-state index contributed by atoms with van der Waals surface area (Å²) in [5, 5.41) is 4.77. The van der Waals surface area contributed by atoms with Crippen LogP contribution in [0.1, 0.15) is 10.4 Å². The van der Waals surface area contributed by atoms with E-state index < -0.39 is 0 Å². The molecule has 0 saturated carbocycles. The minimum Gasteiger partial charge on any atom is -0.495 e. The van der Waals surface area contributed by atoms with Gasteiger partial charge in [0.05, 0.1) is 19.2 Å². The van der Waals surface area contributed by atoms with Crippen molar-refractivity contribution in [1.82, 2.24) is 0 Å². The van der Waals surface area contributed by atoms with Gasteiger partial charge in [0.15, 0.2) is 0 Å². The number of rotatable bonds is 5. The summed E-state index contributed by atoms with van der Waals surface area (Å²) in [7, 11) is 1.54. The van der Waals surface area contributed by atoms with Crippen LogP contribution in [0.4, 0.5) is 5.69 Å². The van der Waals surface area contributed by atoms with Crippen molar-refractivity contribution in [1.29, 1.82) is 0 Å². The van der Waals surface area contributed by atoms with Crippen molar-refractivity contribution in [3.8, 4) is 5.75 Å². The van der Waals surface area contributed by atoms with Gasteiger partial charge in [-0.2, -0.15) is 0 Å². The standard InChI is InChI=1S/C14H14N2O2S2/c1-18-12-7-9(14(15)19)4-5-11(12)16-13(17)8-10-3-2-6-20-10/h2-7H,8H2,1H3,(H2,15,19)(H,16,17). The molecule has 3 N–H and O–H groups in total. The number of amides is 1. The number of carbonyl (C=O) groups is 1. The highest BCUT2D eigenvalue weighted by atomic mass is 32.1. The highest BCUT2D eigenvalue weighted by Crippen LogP contribution is 2.26. The summed E-state index contributed by atoms with van der Waals surface area (Å²) in [5.41, 5.74) is 6.88. The molecule has 0 spiro atoms. The first-order chi connectivity index (χ1) is 9.60. The first-order valence-electron chi connectivity index (χ1n) is 5.90. The Kier molecular flexibility index (Phi) is 4.70. The van der Waals surface area contributed by atoms with Gasteiger partial charge in [0.2, 0.25) is 5.91 Å². The average Bonchev–Trinajstić information content (AvgIpc) is 2.91. The zero-order valence-corrected chi connectivity index (χ0v) is 12.5. The highest BCUT2D eigenvalue weighted by molar-refractivity contribution is 7.80. The Bertz CT molecular complexity index is 624. The van der Waals surface area contributed by atoms with Crippen molar-refractivity contribution in [3.63, 3.8) is 0 Å². The Labute approximate surface area is 126 Å². The maximum atomic E-state index is 12.0. The van der Waals surface area contributed by atoms with E-state index in [0.29, 0.717) is 28.4 Å². The second kappa shape index (κ2) is 6.49. The highest BCUT2D eigenvalue weighted by Gasteiger charge is 2.10. The molecule has 1 heterocycles. The molecule has 0 aliphatic heterocycles. The smallest absolute Gasteiger partial charge is 0.229 e. The van der Waals surface area contributed by atoms with E-state index in [1.54, 1.807) is 29.5 Å². The van der Waals surface area contributed by atoms with E-state index in [9.17, 15) is 4.79 Å². The molecule has 1 amide bonds. The van der Waals surface area contributed by atoms with Gasteiger partial charge in [-0.15, -0.1) is 11.3 Å². The largest absolute Gasteiger partial charge is 0.495 e. The summed E-state index contributed by atoms with van der Waals surface area (Å²) in [6.07, 6.45) is 0.345. The second-order valence-electron chi connectivity index (χ2n) is 4.08. The van der Waals surface area contributed by atoms with Crippen LogP contribution >= 0.6 is 23.6 Å². The summed E-state index contributed by atoms with van der Waals surface area (Å²) >= 11 is 6.47. The lowest BCUT2D eigenvalue weighted by Crippen LogP contribution is -2.15. The van der Waals surface area contributed by atoms with Crippen LogP contribution in [-0.4, -0.2) is 18.0 Å². The summed E-state index contributed by atoms with van der Waals surface area (Å²) in [6, 6.07) is 9.05. The Morgan fingerprint density at radius 1 is 1.45 bits per heavy atom. The van der Waals surface area contributed by atoms with Crippen LogP contribution in [0.2, 0.25) is 0 Å². The number of methoxy groups -OCH3 is 1. The van der Waals surface area contributed by atoms with Gasteiger partial charge in [-0.1, -0.05) is 18.3 Å². The molecule has 0 aliphatic carbocycles. The van der Waals surface area contributed by atoms with Crippen LogP contribution in [0.25, 0.3) is 0 Å². The summed E-state index contributed by atoms with van der Waals surface area (Å²) in [4.78, 5) is 13.3. The SMILES string of the molecule is COc1cc(C(N)=S)ccc1NC(=O)Cc1cccs1. The molecule has 1 aromatic heterocycles. The van der Waals surface area contributed by atoms with E-state index in [2.05, 4.69) is 5.32 Å². The van der Waals surface area contributed by atoms with Gasteiger partial charge in [0, 0.05) is 10.4 Å². The first kappa shape index (κ1) is 14.5. The molecule has 0 saturated heterocycles. The molecule has 0 unspecified atom stereocenters. The fraction of sp³-hybridized carbons (Fsp3) is 0.143. The fourth-order valence-electron chi connectivity index (χ4n) is 1.71. The predicted octanol–water partition coefficient (Wildman–Crippen LogP) is 2.57. The van der Waals surface area contributed by atoms with Crippen molar-refractivity contribution in [2.45, 2.75) is 6.42 Å². The normalized spacial score (nSPS) is 10.1. The molecule has 2 rings (SSSR count). The lowest BCUT2D eigenvalue weighted by atomic mass is 10.2. The van der Waals surface area contributed by atoms with Crippen molar-refractivity contribution >= 4 is 40.1 Å². The molecule has 0 fully saturated rings. The van der Waals surface area contributed by atoms with E-state index >= 15 is 0 Å². The first-order valence-corrected chi connectivity index (χ1v) is 7.19. The molecule has 1 aromatic carbocycles. The minimum atomic E-state index is -0.0891. The van der Waals surface area contributed by atoms with Gasteiger partial charge in [0.1, 0.15) is 10.7 Å². The van der Waals surface area contributed by atoms with Gasteiger partial charge in [0.25, 0.3) is 0 Å². The predicted molar refractivity (Wildman–Crippen MR) is 85.5 cm³/mol. The van der Waals surface area contributed by atoms with Crippen molar-refractivity contribution in [2.24, 2.45) is 5.73 Å². The fourth-order valence-corrected chi connectivity index (χ4v) is 2.54. The summed E-state index contributed by atoms with van der Waals surface area (Å²) in [6.45, 7) is 0. The number of hydrogen-bond acceptors (Lipinski definition) is 4.